The monoisotopic (exact) mass is 1230 g/mol. The molecule has 0 spiro atoms. The Balaban J connectivity index is 0.000000672. The standard InChI is InChI=1S/C23H22N4OS.C20H25N5O3S.C19H23N5O3S.7H2/c1-15(2)29(4)19-12-10-17(11-13-19)20-14-24-16(3)21(25-20)23-27-26-22(28-23)18-8-6-5-7-9-18;1-13(2)29(26,27)16-9-7-15(8-10-16)17-12-22-14(3)19(23-17)20-25-24-18(28-20)6-4-5-11-21;1-12(2)28(25,26)15-8-6-14(7-9-15)16-11-21-13(3)18(22-16)19-24-23-17(27-19)5-4-10-20;;;;;;;/h5-15H,4H2,1-3H3;7-10,12-13H,4-6,11,21H2,1-3H3;6-9,11-12H,4-5,10,20H2,1-3H3;7*1H. The zero-order valence-corrected chi connectivity index (χ0v) is 52.0. The van der Waals surface area contributed by atoms with Gasteiger partial charge in [-0.3, -0.25) is 15.0 Å². The molecule has 21 nitrogen and oxygen atoms in total. The molecule has 0 amide bonds. The number of hydrogen-bond donors (Lipinski definition) is 2. The van der Waals surface area contributed by atoms with Crippen molar-refractivity contribution in [3.05, 3.63) is 151 Å². The molecule has 10 aromatic rings. The molecule has 0 saturated heterocycles. The molecule has 0 saturated carbocycles. The Kier molecular flexibility index (Phi) is 21.2. The highest BCUT2D eigenvalue weighted by atomic mass is 32.2. The normalized spacial score (nSPS) is 12.0. The van der Waals surface area contributed by atoms with Gasteiger partial charge in [-0.2, -0.15) is 10.5 Å². The van der Waals surface area contributed by atoms with Crippen LogP contribution in [0.4, 0.5) is 0 Å². The first-order valence-electron chi connectivity index (χ1n) is 28.0. The summed E-state index contributed by atoms with van der Waals surface area (Å²) in [6, 6.07) is 31.3. The van der Waals surface area contributed by atoms with Crippen LogP contribution in [0.25, 0.3) is 80.0 Å². The lowest BCUT2D eigenvalue weighted by molar-refractivity contribution is 0.492. The molecule has 6 heterocycles. The van der Waals surface area contributed by atoms with Crippen LogP contribution < -0.4 is 11.5 Å². The Bertz CT molecular complexity index is 4170. The van der Waals surface area contributed by atoms with Gasteiger partial charge in [-0.05, 0) is 135 Å². The van der Waals surface area contributed by atoms with Crippen LogP contribution in [0.15, 0.2) is 150 Å². The maximum atomic E-state index is 12.3. The summed E-state index contributed by atoms with van der Waals surface area (Å²) in [6.45, 7) is 17.7. The van der Waals surface area contributed by atoms with E-state index in [1.54, 1.807) is 94.8 Å². The third kappa shape index (κ3) is 15.5. The summed E-state index contributed by atoms with van der Waals surface area (Å²) in [4.78, 5) is 29.1. The average molecular weight is 1230 g/mol. The highest BCUT2D eigenvalue weighted by Crippen LogP contribution is 2.33. The van der Waals surface area contributed by atoms with Crippen LogP contribution in [-0.4, -0.2) is 112 Å². The van der Waals surface area contributed by atoms with Crippen LogP contribution in [-0.2, 0) is 32.5 Å². The summed E-state index contributed by atoms with van der Waals surface area (Å²) in [5.41, 5.74) is 20.0. The van der Waals surface area contributed by atoms with Crippen molar-refractivity contribution in [3.63, 3.8) is 0 Å². The number of aromatic nitrogens is 12. The van der Waals surface area contributed by atoms with Gasteiger partial charge in [0.05, 0.1) is 73.0 Å². The summed E-state index contributed by atoms with van der Waals surface area (Å²) in [7, 11) is -6.66. The molecular weight excluding hydrogens is 1150 g/mol. The average Bonchev–Trinajstić information content (AvgIpc) is 1.82. The number of unbranched alkanes of at least 4 members (excludes halogenated alkanes) is 1. The first-order chi connectivity index (χ1) is 41.2. The quantitative estimate of drug-likeness (QED) is 0.0529. The van der Waals surface area contributed by atoms with Gasteiger partial charge < -0.3 is 24.7 Å². The number of aryl methyl sites for hydroxylation is 5. The molecule has 0 fully saturated rings. The summed E-state index contributed by atoms with van der Waals surface area (Å²) in [5.74, 6) is 6.78. The van der Waals surface area contributed by atoms with E-state index in [-0.39, 0.29) is 30.3 Å². The van der Waals surface area contributed by atoms with Crippen LogP contribution in [0.3, 0.4) is 0 Å². The molecule has 1 atom stereocenters. The zero-order valence-electron chi connectivity index (χ0n) is 49.5. The van der Waals surface area contributed by atoms with E-state index in [1.165, 1.54) is 4.90 Å². The Morgan fingerprint density at radius 3 is 1.23 bits per heavy atom. The second-order valence-electron chi connectivity index (χ2n) is 20.7. The number of rotatable bonds is 20. The largest absolute Gasteiger partial charge is 0.419 e. The lowest BCUT2D eigenvalue weighted by Gasteiger charge is -2.12. The van der Waals surface area contributed by atoms with Gasteiger partial charge in [0.1, 0.15) is 17.1 Å². The van der Waals surface area contributed by atoms with Gasteiger partial charge in [0, 0.05) is 50.0 Å². The number of nitrogens with zero attached hydrogens (tertiary/aromatic N) is 12. The molecule has 0 radical (unpaired) electrons. The molecule has 6 aromatic heterocycles. The predicted octanol–water partition coefficient (Wildman–Crippen LogP) is 12.9. The van der Waals surface area contributed by atoms with Crippen LogP contribution in [0.2, 0.25) is 0 Å². The van der Waals surface area contributed by atoms with E-state index < -0.39 is 30.2 Å². The Morgan fingerprint density at radius 1 is 0.465 bits per heavy atom. The molecule has 0 aliphatic carbocycles. The van der Waals surface area contributed by atoms with E-state index in [4.69, 9.17) is 29.7 Å². The predicted molar refractivity (Wildman–Crippen MR) is 349 cm³/mol. The maximum Gasteiger partial charge on any atom is 0.268 e. The van der Waals surface area contributed by atoms with Crippen molar-refractivity contribution in [2.75, 3.05) is 13.1 Å². The second kappa shape index (κ2) is 28.6. The van der Waals surface area contributed by atoms with Gasteiger partial charge in [0.25, 0.3) is 17.7 Å². The molecule has 86 heavy (non-hydrogen) atoms. The minimum Gasteiger partial charge on any atom is -0.419 e. The van der Waals surface area contributed by atoms with Crippen LogP contribution >= 0.6 is 10.5 Å². The van der Waals surface area contributed by atoms with Gasteiger partial charge in [-0.1, -0.05) is 74.3 Å². The van der Waals surface area contributed by atoms with E-state index in [9.17, 15) is 16.8 Å². The first kappa shape index (κ1) is 63.6. The number of sulfone groups is 2. The maximum absolute atomic E-state index is 12.3. The highest BCUT2D eigenvalue weighted by Gasteiger charge is 2.23. The van der Waals surface area contributed by atoms with Crippen LogP contribution in [0.5, 0.6) is 0 Å². The number of benzene rings is 4. The van der Waals surface area contributed by atoms with E-state index >= 15 is 0 Å². The third-order valence-electron chi connectivity index (χ3n) is 13.5. The molecule has 462 valence electrons. The topological polar surface area (TPSA) is 314 Å². The van der Waals surface area contributed by atoms with Crippen molar-refractivity contribution in [2.24, 2.45) is 11.5 Å². The molecule has 0 bridgehead atoms. The van der Waals surface area contributed by atoms with E-state index in [1.807, 2.05) is 51.1 Å². The summed E-state index contributed by atoms with van der Waals surface area (Å²) in [5, 5.41) is 24.2. The molecule has 4 aromatic carbocycles. The number of hydrogen-bond acceptors (Lipinski definition) is 21. The van der Waals surface area contributed by atoms with Gasteiger partial charge in [-0.15, -0.1) is 30.6 Å². The van der Waals surface area contributed by atoms with E-state index in [0.717, 1.165) is 52.9 Å². The fraction of sp³-hybridized carbons (Fsp3) is 0.306. The van der Waals surface area contributed by atoms with Crippen molar-refractivity contribution in [1.82, 2.24) is 60.5 Å². The Morgan fingerprint density at radius 2 is 0.837 bits per heavy atom. The van der Waals surface area contributed by atoms with Crippen LogP contribution in [0, 0.1) is 20.8 Å². The molecular formula is C62H84N14O7S3. The van der Waals surface area contributed by atoms with Gasteiger partial charge >= 0.3 is 0 Å². The molecule has 0 aliphatic heterocycles. The highest BCUT2D eigenvalue weighted by molar-refractivity contribution is 8.14. The molecule has 1 unspecified atom stereocenters. The summed E-state index contributed by atoms with van der Waals surface area (Å²) < 4.78 is 66.4. The van der Waals surface area contributed by atoms with Crippen molar-refractivity contribution in [3.8, 4) is 80.0 Å². The Hall–Kier alpha value is -8.42. The second-order valence-corrected chi connectivity index (χ2v) is 28.0. The lowest BCUT2D eigenvalue weighted by atomic mass is 10.1. The third-order valence-corrected chi connectivity index (χ3v) is 19.9. The minimum atomic E-state index is -3.32. The van der Waals surface area contributed by atoms with E-state index in [0.29, 0.717) is 106 Å². The van der Waals surface area contributed by atoms with Crippen molar-refractivity contribution < 1.29 is 40.1 Å². The molecule has 10 rings (SSSR count). The minimum absolute atomic E-state index is 0. The van der Waals surface area contributed by atoms with E-state index in [2.05, 4.69) is 99.5 Å². The van der Waals surface area contributed by atoms with Gasteiger partial charge in [0.15, 0.2) is 19.7 Å². The van der Waals surface area contributed by atoms with Crippen LogP contribution in [0.1, 0.15) is 99.7 Å². The van der Waals surface area contributed by atoms with Crippen molar-refractivity contribution in [2.45, 2.75) is 125 Å². The van der Waals surface area contributed by atoms with Gasteiger partial charge in [-0.25, -0.2) is 31.8 Å². The fourth-order valence-electron chi connectivity index (χ4n) is 8.21. The Labute approximate surface area is 514 Å². The molecule has 0 aliphatic rings. The summed E-state index contributed by atoms with van der Waals surface area (Å²) in [6.07, 6.45) is 8.87. The fourth-order valence-corrected chi connectivity index (χ4v) is 11.4. The number of nitrogens with two attached hydrogens (primary N) is 2. The summed E-state index contributed by atoms with van der Waals surface area (Å²) >= 11 is 0. The molecule has 4 N–H and O–H groups in total. The SMILES string of the molecule is C=S(c1ccc(-c2cnc(C)c(-c3nnc(-c4ccccc4)o3)n2)cc1)C(C)C.Cc1ncc(-c2ccc(S(=O)(=O)C(C)C)cc2)nc1-c1nnc(CCCCN)o1.Cc1ncc(-c2ccc(S(=O)(=O)C(C)C)cc2)nc1-c1nnc(CCCN)o1.[HH].[HH].[HH].[HH].[HH].[HH].[HH]. The smallest absolute Gasteiger partial charge is 0.268 e. The molecule has 24 heteroatoms. The zero-order chi connectivity index (χ0) is 61.7. The van der Waals surface area contributed by atoms with Gasteiger partial charge in [0.2, 0.25) is 17.7 Å². The van der Waals surface area contributed by atoms with Crippen molar-refractivity contribution in [1.29, 1.82) is 0 Å². The first-order valence-corrected chi connectivity index (χ1v) is 32.5. The lowest BCUT2D eigenvalue weighted by Crippen LogP contribution is -2.13. The van der Waals surface area contributed by atoms with Crippen molar-refractivity contribution >= 4 is 36.0 Å².